The van der Waals surface area contributed by atoms with E-state index in [1.807, 2.05) is 12.1 Å². The Labute approximate surface area is 78.9 Å². The van der Waals surface area contributed by atoms with Gasteiger partial charge >= 0.3 is 0 Å². The summed E-state index contributed by atoms with van der Waals surface area (Å²) in [6.07, 6.45) is 2.80. The molecule has 1 heterocycles. The molecular formula is C10H16N2O. The second kappa shape index (κ2) is 5.67. The maximum atomic E-state index is 5.54. The third-order valence-corrected chi connectivity index (χ3v) is 1.78. The van der Waals surface area contributed by atoms with Gasteiger partial charge in [-0.05, 0) is 12.5 Å². The molecule has 1 aromatic rings. The number of ether oxygens (including phenoxy) is 1. The normalized spacial score (nSPS) is 10.3. The summed E-state index contributed by atoms with van der Waals surface area (Å²) in [7, 11) is 0. The van der Waals surface area contributed by atoms with Crippen LogP contribution >= 0.6 is 0 Å². The highest BCUT2D eigenvalue weighted by molar-refractivity contribution is 5.18. The second-order valence-corrected chi connectivity index (χ2v) is 2.87. The largest absolute Gasteiger partial charge is 0.377 e. The molecule has 0 atom stereocenters. The number of nitrogens with two attached hydrogens (primary N) is 1. The standard InChI is InChI=1S/C10H16N2O/c1-2-6-13-8-9-4-3-5-12-10(9)7-11/h3-5H,2,6-8,11H2,1H3. The second-order valence-electron chi connectivity index (χ2n) is 2.87. The van der Waals surface area contributed by atoms with Crippen LogP contribution in [0.15, 0.2) is 18.3 Å². The lowest BCUT2D eigenvalue weighted by molar-refractivity contribution is 0.120. The first-order valence-electron chi connectivity index (χ1n) is 4.59. The summed E-state index contributed by atoms with van der Waals surface area (Å²) in [5.41, 5.74) is 7.56. The fourth-order valence-corrected chi connectivity index (χ4v) is 1.11. The van der Waals surface area contributed by atoms with Crippen molar-refractivity contribution in [1.29, 1.82) is 0 Å². The topological polar surface area (TPSA) is 48.1 Å². The maximum absolute atomic E-state index is 5.54. The zero-order valence-corrected chi connectivity index (χ0v) is 7.99. The molecule has 0 fully saturated rings. The first-order chi connectivity index (χ1) is 6.38. The van der Waals surface area contributed by atoms with E-state index in [4.69, 9.17) is 10.5 Å². The summed E-state index contributed by atoms with van der Waals surface area (Å²) in [6, 6.07) is 3.91. The van der Waals surface area contributed by atoms with Gasteiger partial charge in [-0.2, -0.15) is 0 Å². The van der Waals surface area contributed by atoms with Crippen molar-refractivity contribution in [1.82, 2.24) is 4.98 Å². The highest BCUT2D eigenvalue weighted by Gasteiger charge is 2.00. The van der Waals surface area contributed by atoms with Gasteiger partial charge in [-0.3, -0.25) is 4.98 Å². The third kappa shape index (κ3) is 3.13. The monoisotopic (exact) mass is 180 g/mol. The first-order valence-corrected chi connectivity index (χ1v) is 4.59. The molecule has 0 aliphatic carbocycles. The van der Waals surface area contributed by atoms with Gasteiger partial charge in [-0.1, -0.05) is 13.0 Å². The van der Waals surface area contributed by atoms with E-state index in [1.165, 1.54) is 0 Å². The summed E-state index contributed by atoms with van der Waals surface area (Å²) in [5.74, 6) is 0. The molecule has 1 aromatic heterocycles. The van der Waals surface area contributed by atoms with E-state index in [2.05, 4.69) is 11.9 Å². The summed E-state index contributed by atoms with van der Waals surface area (Å²) >= 11 is 0. The van der Waals surface area contributed by atoms with Gasteiger partial charge in [0.25, 0.3) is 0 Å². The van der Waals surface area contributed by atoms with Crippen molar-refractivity contribution in [3.8, 4) is 0 Å². The fourth-order valence-electron chi connectivity index (χ4n) is 1.11. The number of hydrogen-bond acceptors (Lipinski definition) is 3. The summed E-state index contributed by atoms with van der Waals surface area (Å²) < 4.78 is 5.42. The van der Waals surface area contributed by atoms with Crippen LogP contribution in [0.4, 0.5) is 0 Å². The molecule has 3 heteroatoms. The molecule has 2 N–H and O–H groups in total. The first kappa shape index (κ1) is 10.2. The van der Waals surface area contributed by atoms with Crippen LogP contribution in [0.3, 0.4) is 0 Å². The van der Waals surface area contributed by atoms with Crippen LogP contribution in [-0.4, -0.2) is 11.6 Å². The van der Waals surface area contributed by atoms with Gasteiger partial charge in [0.2, 0.25) is 0 Å². The van der Waals surface area contributed by atoms with Crippen molar-refractivity contribution in [3.63, 3.8) is 0 Å². The number of pyridine rings is 1. The van der Waals surface area contributed by atoms with Crippen LogP contribution in [0, 0.1) is 0 Å². The lowest BCUT2D eigenvalue weighted by Gasteiger charge is -2.06. The van der Waals surface area contributed by atoms with Crippen molar-refractivity contribution < 1.29 is 4.74 Å². The molecule has 0 saturated heterocycles. The SMILES string of the molecule is CCCOCc1cccnc1CN. The molecule has 0 amide bonds. The van der Waals surface area contributed by atoms with Gasteiger partial charge in [-0.25, -0.2) is 0 Å². The Morgan fingerprint density at radius 2 is 2.38 bits per heavy atom. The molecule has 0 bridgehead atoms. The van der Waals surface area contributed by atoms with Crippen LogP contribution in [0.1, 0.15) is 24.6 Å². The van der Waals surface area contributed by atoms with E-state index < -0.39 is 0 Å². The van der Waals surface area contributed by atoms with E-state index in [0.29, 0.717) is 13.2 Å². The zero-order chi connectivity index (χ0) is 9.52. The molecule has 0 aromatic carbocycles. The molecule has 0 aliphatic rings. The average molecular weight is 180 g/mol. The third-order valence-electron chi connectivity index (χ3n) is 1.78. The summed E-state index contributed by atoms with van der Waals surface area (Å²) in [4.78, 5) is 4.17. The van der Waals surface area contributed by atoms with Gasteiger partial charge in [-0.15, -0.1) is 0 Å². The number of rotatable bonds is 5. The van der Waals surface area contributed by atoms with Gasteiger partial charge in [0.1, 0.15) is 0 Å². The van der Waals surface area contributed by atoms with Crippen LogP contribution in [0.2, 0.25) is 0 Å². The Balaban J connectivity index is 2.54. The van der Waals surface area contributed by atoms with Gasteiger partial charge in [0, 0.05) is 24.9 Å². The minimum Gasteiger partial charge on any atom is -0.377 e. The Morgan fingerprint density at radius 3 is 3.08 bits per heavy atom. The highest BCUT2D eigenvalue weighted by atomic mass is 16.5. The van der Waals surface area contributed by atoms with Crippen LogP contribution < -0.4 is 5.73 Å². The van der Waals surface area contributed by atoms with E-state index in [9.17, 15) is 0 Å². The molecule has 0 aliphatic heterocycles. The molecule has 0 spiro atoms. The molecule has 0 radical (unpaired) electrons. The number of nitrogens with zero attached hydrogens (tertiary/aromatic N) is 1. The van der Waals surface area contributed by atoms with Crippen molar-refractivity contribution >= 4 is 0 Å². The van der Waals surface area contributed by atoms with E-state index >= 15 is 0 Å². The highest BCUT2D eigenvalue weighted by Crippen LogP contribution is 2.06. The molecule has 13 heavy (non-hydrogen) atoms. The predicted octanol–water partition coefficient (Wildman–Crippen LogP) is 1.47. The van der Waals surface area contributed by atoms with Crippen molar-refractivity contribution in [3.05, 3.63) is 29.6 Å². The fraction of sp³-hybridized carbons (Fsp3) is 0.500. The number of aromatic nitrogens is 1. The Morgan fingerprint density at radius 1 is 1.54 bits per heavy atom. The van der Waals surface area contributed by atoms with Crippen LogP contribution in [-0.2, 0) is 17.9 Å². The molecule has 3 nitrogen and oxygen atoms in total. The zero-order valence-electron chi connectivity index (χ0n) is 7.99. The maximum Gasteiger partial charge on any atom is 0.0735 e. The van der Waals surface area contributed by atoms with Gasteiger partial charge in [0.05, 0.1) is 12.3 Å². The van der Waals surface area contributed by atoms with E-state index in [0.717, 1.165) is 24.3 Å². The Kier molecular flexibility index (Phi) is 4.43. The van der Waals surface area contributed by atoms with Crippen molar-refractivity contribution in [2.24, 2.45) is 5.73 Å². The smallest absolute Gasteiger partial charge is 0.0735 e. The average Bonchev–Trinajstić information content (AvgIpc) is 2.19. The Hall–Kier alpha value is -0.930. The molecule has 1 rings (SSSR count). The quantitative estimate of drug-likeness (QED) is 0.698. The van der Waals surface area contributed by atoms with Crippen molar-refractivity contribution in [2.75, 3.05) is 6.61 Å². The van der Waals surface area contributed by atoms with E-state index in [1.54, 1.807) is 6.20 Å². The number of hydrogen-bond donors (Lipinski definition) is 1. The molecule has 0 unspecified atom stereocenters. The summed E-state index contributed by atoms with van der Waals surface area (Å²) in [6.45, 7) is 3.98. The molecular weight excluding hydrogens is 164 g/mol. The summed E-state index contributed by atoms with van der Waals surface area (Å²) in [5, 5.41) is 0. The van der Waals surface area contributed by atoms with Crippen LogP contribution in [0.25, 0.3) is 0 Å². The molecule has 72 valence electrons. The minimum absolute atomic E-state index is 0.478. The van der Waals surface area contributed by atoms with Crippen molar-refractivity contribution in [2.45, 2.75) is 26.5 Å². The predicted molar refractivity (Wildman–Crippen MR) is 52.1 cm³/mol. The van der Waals surface area contributed by atoms with E-state index in [-0.39, 0.29) is 0 Å². The lowest BCUT2D eigenvalue weighted by atomic mass is 10.2. The van der Waals surface area contributed by atoms with Gasteiger partial charge < -0.3 is 10.5 Å². The van der Waals surface area contributed by atoms with Crippen LogP contribution in [0.5, 0.6) is 0 Å². The van der Waals surface area contributed by atoms with Gasteiger partial charge in [0.15, 0.2) is 0 Å². The minimum atomic E-state index is 0.478. The Bertz CT molecular complexity index is 250. The lowest BCUT2D eigenvalue weighted by Crippen LogP contribution is -2.05. The molecule has 0 saturated carbocycles.